The second kappa shape index (κ2) is 9.37. The van der Waals surface area contributed by atoms with E-state index in [9.17, 15) is 9.59 Å². The molecule has 0 unspecified atom stereocenters. The van der Waals surface area contributed by atoms with Crippen LogP contribution in [0.1, 0.15) is 37.7 Å². The van der Waals surface area contributed by atoms with E-state index in [1.807, 2.05) is 24.3 Å². The maximum absolute atomic E-state index is 11.6. The number of carbonyl (C=O) groups is 2. The molecule has 1 aromatic carbocycles. The number of hydrogen-bond acceptors (Lipinski definition) is 2. The predicted molar refractivity (Wildman–Crippen MR) is 78.9 cm³/mol. The van der Waals surface area contributed by atoms with Crippen LogP contribution in [0.4, 0.5) is 0 Å². The zero-order chi connectivity index (χ0) is 14.8. The minimum absolute atomic E-state index is 0.0261. The number of nitrogens with one attached hydrogen (secondary N) is 1. The Hall–Kier alpha value is -1.55. The predicted octanol–water partition coefficient (Wildman–Crippen LogP) is 3.03. The van der Waals surface area contributed by atoms with Gasteiger partial charge in [-0.2, -0.15) is 0 Å². The normalized spacial score (nSPS) is 10.2. The first kappa shape index (κ1) is 16.5. The highest BCUT2D eigenvalue weighted by Gasteiger charge is 2.02. The second-order valence-electron chi connectivity index (χ2n) is 4.68. The molecule has 0 saturated carbocycles. The third-order valence-corrected chi connectivity index (χ3v) is 3.20. The van der Waals surface area contributed by atoms with Crippen LogP contribution in [0.25, 0.3) is 0 Å². The number of carbonyl (C=O) groups excluding carboxylic acids is 1. The number of rotatable bonds is 9. The summed E-state index contributed by atoms with van der Waals surface area (Å²) in [5.74, 6) is -0.741. The molecular weight excluding hydrogens is 278 g/mol. The van der Waals surface area contributed by atoms with E-state index in [-0.39, 0.29) is 12.3 Å². The van der Waals surface area contributed by atoms with Crippen LogP contribution in [-0.2, 0) is 16.0 Å². The van der Waals surface area contributed by atoms with Crippen molar-refractivity contribution in [3.05, 3.63) is 34.9 Å². The fraction of sp³-hybridized carbons (Fsp3) is 0.467. The number of unbranched alkanes of at least 4 members (excludes halogenated alkanes) is 2. The van der Waals surface area contributed by atoms with Gasteiger partial charge < -0.3 is 10.4 Å². The smallest absolute Gasteiger partial charge is 0.303 e. The van der Waals surface area contributed by atoms with Crippen LogP contribution in [0.5, 0.6) is 0 Å². The number of amides is 1. The van der Waals surface area contributed by atoms with Gasteiger partial charge in [0.1, 0.15) is 0 Å². The van der Waals surface area contributed by atoms with Gasteiger partial charge >= 0.3 is 5.97 Å². The zero-order valence-electron chi connectivity index (χ0n) is 11.4. The molecule has 1 rings (SSSR count). The van der Waals surface area contributed by atoms with Gasteiger partial charge in [-0.1, -0.05) is 30.2 Å². The molecule has 0 aromatic heterocycles. The lowest BCUT2D eigenvalue weighted by atomic mass is 10.1. The monoisotopic (exact) mass is 297 g/mol. The Morgan fingerprint density at radius 1 is 1.05 bits per heavy atom. The summed E-state index contributed by atoms with van der Waals surface area (Å²) in [7, 11) is 0. The van der Waals surface area contributed by atoms with E-state index < -0.39 is 5.97 Å². The molecule has 0 atom stereocenters. The first-order valence-corrected chi connectivity index (χ1v) is 7.18. The molecule has 0 spiro atoms. The molecule has 0 aliphatic heterocycles. The van der Waals surface area contributed by atoms with Crippen LogP contribution in [0.3, 0.4) is 0 Å². The average Bonchev–Trinajstić information content (AvgIpc) is 2.41. The highest BCUT2D eigenvalue weighted by molar-refractivity contribution is 6.30. The molecule has 0 aliphatic rings. The van der Waals surface area contributed by atoms with Gasteiger partial charge in [-0.15, -0.1) is 0 Å². The SMILES string of the molecule is O=C(O)CCCCCNC(=O)CCc1ccc(Cl)cc1. The van der Waals surface area contributed by atoms with Crippen LogP contribution in [0.15, 0.2) is 24.3 Å². The van der Waals surface area contributed by atoms with Crippen LogP contribution >= 0.6 is 11.6 Å². The lowest BCUT2D eigenvalue weighted by molar-refractivity contribution is -0.137. The Balaban J connectivity index is 2.06. The Morgan fingerprint density at radius 3 is 2.40 bits per heavy atom. The van der Waals surface area contributed by atoms with Crippen molar-refractivity contribution in [2.75, 3.05) is 6.54 Å². The summed E-state index contributed by atoms with van der Waals surface area (Å²) in [6.07, 6.45) is 3.66. The number of aliphatic carboxylic acids is 1. The maximum Gasteiger partial charge on any atom is 0.303 e. The number of carboxylic acid groups (broad SMARTS) is 1. The average molecular weight is 298 g/mol. The van der Waals surface area contributed by atoms with Gasteiger partial charge in [0.2, 0.25) is 5.91 Å². The quantitative estimate of drug-likeness (QED) is 0.689. The molecule has 20 heavy (non-hydrogen) atoms. The van der Waals surface area contributed by atoms with E-state index >= 15 is 0 Å². The van der Waals surface area contributed by atoms with Gasteiger partial charge in [0.25, 0.3) is 0 Å². The summed E-state index contributed by atoms with van der Waals surface area (Å²) in [6, 6.07) is 7.47. The number of hydrogen-bond donors (Lipinski definition) is 2. The fourth-order valence-corrected chi connectivity index (χ4v) is 1.93. The molecule has 5 heteroatoms. The van der Waals surface area contributed by atoms with E-state index in [0.29, 0.717) is 30.8 Å². The van der Waals surface area contributed by atoms with Crippen molar-refractivity contribution >= 4 is 23.5 Å². The van der Waals surface area contributed by atoms with Gasteiger partial charge in [-0.3, -0.25) is 9.59 Å². The third kappa shape index (κ3) is 7.79. The van der Waals surface area contributed by atoms with Crippen molar-refractivity contribution in [2.45, 2.75) is 38.5 Å². The largest absolute Gasteiger partial charge is 0.481 e. The van der Waals surface area contributed by atoms with Crippen LogP contribution in [0.2, 0.25) is 5.02 Å². The summed E-state index contributed by atoms with van der Waals surface area (Å²) in [5.41, 5.74) is 1.09. The minimum Gasteiger partial charge on any atom is -0.481 e. The van der Waals surface area contributed by atoms with Crippen LogP contribution in [0, 0.1) is 0 Å². The van der Waals surface area contributed by atoms with Gasteiger partial charge in [-0.25, -0.2) is 0 Å². The van der Waals surface area contributed by atoms with E-state index in [2.05, 4.69) is 5.32 Å². The summed E-state index contributed by atoms with van der Waals surface area (Å²) < 4.78 is 0. The number of carboxylic acids is 1. The molecule has 0 bridgehead atoms. The van der Waals surface area contributed by atoms with Gasteiger partial charge in [0.05, 0.1) is 0 Å². The number of benzene rings is 1. The fourth-order valence-electron chi connectivity index (χ4n) is 1.80. The first-order chi connectivity index (χ1) is 9.58. The lowest BCUT2D eigenvalue weighted by Gasteiger charge is -2.05. The molecule has 0 aliphatic carbocycles. The van der Waals surface area contributed by atoms with E-state index in [1.54, 1.807) is 0 Å². The van der Waals surface area contributed by atoms with E-state index in [4.69, 9.17) is 16.7 Å². The van der Waals surface area contributed by atoms with Crippen molar-refractivity contribution in [2.24, 2.45) is 0 Å². The lowest BCUT2D eigenvalue weighted by Crippen LogP contribution is -2.24. The number of aryl methyl sites for hydroxylation is 1. The highest BCUT2D eigenvalue weighted by atomic mass is 35.5. The summed E-state index contributed by atoms with van der Waals surface area (Å²) >= 11 is 5.79. The summed E-state index contributed by atoms with van der Waals surface area (Å²) in [5, 5.41) is 12.0. The molecule has 1 aromatic rings. The van der Waals surface area contributed by atoms with Crippen molar-refractivity contribution in [3.8, 4) is 0 Å². The topological polar surface area (TPSA) is 66.4 Å². The molecule has 0 radical (unpaired) electrons. The van der Waals surface area contributed by atoms with Gasteiger partial charge in [0, 0.05) is 24.4 Å². The van der Waals surface area contributed by atoms with Gasteiger partial charge in [-0.05, 0) is 37.0 Å². The maximum atomic E-state index is 11.6. The molecule has 0 saturated heterocycles. The van der Waals surface area contributed by atoms with Crippen LogP contribution < -0.4 is 5.32 Å². The summed E-state index contributed by atoms with van der Waals surface area (Å²) in [4.78, 5) is 21.9. The molecular formula is C15H20ClNO3. The molecule has 110 valence electrons. The van der Waals surface area contributed by atoms with E-state index in [0.717, 1.165) is 18.4 Å². The molecule has 1 amide bonds. The molecule has 4 nitrogen and oxygen atoms in total. The second-order valence-corrected chi connectivity index (χ2v) is 5.12. The van der Waals surface area contributed by atoms with Crippen molar-refractivity contribution in [1.82, 2.24) is 5.32 Å². The highest BCUT2D eigenvalue weighted by Crippen LogP contribution is 2.10. The van der Waals surface area contributed by atoms with Crippen LogP contribution in [-0.4, -0.2) is 23.5 Å². The summed E-state index contributed by atoms with van der Waals surface area (Å²) in [6.45, 7) is 0.610. The Labute approximate surface area is 124 Å². The zero-order valence-corrected chi connectivity index (χ0v) is 12.2. The van der Waals surface area contributed by atoms with Crippen molar-refractivity contribution in [1.29, 1.82) is 0 Å². The van der Waals surface area contributed by atoms with Crippen molar-refractivity contribution < 1.29 is 14.7 Å². The molecule has 2 N–H and O–H groups in total. The van der Waals surface area contributed by atoms with E-state index in [1.165, 1.54) is 0 Å². The third-order valence-electron chi connectivity index (χ3n) is 2.94. The van der Waals surface area contributed by atoms with Gasteiger partial charge in [0.15, 0.2) is 0 Å². The minimum atomic E-state index is -0.767. The standard InChI is InChI=1S/C15H20ClNO3/c16-13-8-5-12(6-9-13)7-10-14(18)17-11-3-1-2-4-15(19)20/h5-6,8-9H,1-4,7,10-11H2,(H,17,18)(H,19,20). The Kier molecular flexibility index (Phi) is 7.73. The Morgan fingerprint density at radius 2 is 1.75 bits per heavy atom. The first-order valence-electron chi connectivity index (χ1n) is 6.81. The number of halogens is 1. The molecule has 0 fully saturated rings. The van der Waals surface area contributed by atoms with Crippen molar-refractivity contribution in [3.63, 3.8) is 0 Å². The Bertz CT molecular complexity index is 431. The molecule has 0 heterocycles.